The average Bonchev–Trinajstić information content (AvgIpc) is 3.17. The lowest BCUT2D eigenvalue weighted by molar-refractivity contribution is 0.0891. The molecule has 0 fully saturated rings. The van der Waals surface area contributed by atoms with Crippen molar-refractivity contribution in [3.63, 3.8) is 0 Å². The van der Waals surface area contributed by atoms with Crippen LogP contribution in [0.2, 0.25) is 0 Å². The topological polar surface area (TPSA) is 93.2 Å². The molecule has 8 nitrogen and oxygen atoms in total. The van der Waals surface area contributed by atoms with Crippen LogP contribution < -0.4 is 19.3 Å². The van der Waals surface area contributed by atoms with E-state index in [2.05, 4.69) is 27.7 Å². The third-order valence-electron chi connectivity index (χ3n) is 10.5. The van der Waals surface area contributed by atoms with Crippen LogP contribution in [-0.2, 0) is 0 Å². The summed E-state index contributed by atoms with van der Waals surface area (Å²) in [7, 11) is 1.72. The molecular weight excluding hydrogens is 689 g/mol. The molecule has 7 aromatic carbocycles. The van der Waals surface area contributed by atoms with Gasteiger partial charge in [0.1, 0.15) is 11.5 Å². The zero-order valence-corrected chi connectivity index (χ0v) is 32.1. The van der Waals surface area contributed by atoms with Gasteiger partial charge in [-0.05, 0) is 78.9 Å². The Balaban J connectivity index is 1.51. The van der Waals surface area contributed by atoms with Gasteiger partial charge >= 0.3 is 0 Å². The van der Waals surface area contributed by atoms with E-state index in [0.717, 1.165) is 28.2 Å². The summed E-state index contributed by atoms with van der Waals surface area (Å²) in [6.45, 7) is 12.8. The number of hydrogen-bond acceptors (Lipinski definition) is 6. The fraction of sp³-hybridized carbons (Fsp3) is 0.234. The SMILES string of the molecule is Cc1ccc(N(C)C(=O)c2cc(OCC(C)C)c3c4c(OCC(C)C)cc5c6c(ccc(c7ccc(C=O)c2c73)c64)C(=O)N(c2ccc(C)cc2)C5=O)cc1. The third kappa shape index (κ3) is 5.75. The Labute approximate surface area is 319 Å². The molecule has 1 aliphatic rings. The molecule has 0 saturated carbocycles. The first-order chi connectivity index (χ1) is 26.4. The summed E-state index contributed by atoms with van der Waals surface area (Å²) in [5.41, 5.74) is 4.70. The highest BCUT2D eigenvalue weighted by Crippen LogP contribution is 2.51. The molecule has 0 bridgehead atoms. The Kier molecular flexibility index (Phi) is 8.79. The van der Waals surface area contributed by atoms with Crippen LogP contribution in [0, 0.1) is 25.7 Å². The number of imide groups is 1. The van der Waals surface area contributed by atoms with Crippen LogP contribution in [0.1, 0.15) is 80.3 Å². The quantitative estimate of drug-likeness (QED) is 0.0602. The molecule has 0 saturated heterocycles. The van der Waals surface area contributed by atoms with Crippen molar-refractivity contribution in [3.05, 3.63) is 118 Å². The predicted molar refractivity (Wildman–Crippen MR) is 220 cm³/mol. The van der Waals surface area contributed by atoms with E-state index in [9.17, 15) is 19.2 Å². The second kappa shape index (κ2) is 13.5. The van der Waals surface area contributed by atoms with Crippen molar-refractivity contribution in [2.45, 2.75) is 41.5 Å². The second-order valence-corrected chi connectivity index (χ2v) is 15.5. The van der Waals surface area contributed by atoms with Crippen molar-refractivity contribution < 1.29 is 28.7 Å². The summed E-state index contributed by atoms with van der Waals surface area (Å²) in [5, 5.41) is 5.22. The molecule has 0 radical (unpaired) electrons. The van der Waals surface area contributed by atoms with E-state index in [1.165, 1.54) is 4.90 Å². The number of aldehydes is 1. The molecule has 8 rings (SSSR count). The molecule has 0 atom stereocenters. The Bertz CT molecular complexity index is 2710. The molecule has 0 spiro atoms. The van der Waals surface area contributed by atoms with Gasteiger partial charge in [-0.15, -0.1) is 0 Å². The van der Waals surface area contributed by atoms with Crippen LogP contribution >= 0.6 is 0 Å². The van der Waals surface area contributed by atoms with Gasteiger partial charge in [0.15, 0.2) is 6.29 Å². The minimum Gasteiger partial charge on any atom is -0.493 e. The van der Waals surface area contributed by atoms with Gasteiger partial charge in [0.2, 0.25) is 0 Å². The van der Waals surface area contributed by atoms with Crippen molar-refractivity contribution in [2.75, 3.05) is 30.1 Å². The van der Waals surface area contributed by atoms with Gasteiger partial charge in [0.05, 0.1) is 30.0 Å². The van der Waals surface area contributed by atoms with Crippen LogP contribution in [-0.4, -0.2) is 44.3 Å². The van der Waals surface area contributed by atoms with Gasteiger partial charge in [-0.2, -0.15) is 0 Å². The summed E-state index contributed by atoms with van der Waals surface area (Å²) < 4.78 is 13.3. The van der Waals surface area contributed by atoms with E-state index in [0.29, 0.717) is 90.7 Å². The summed E-state index contributed by atoms with van der Waals surface area (Å²) in [4.78, 5) is 59.3. The molecule has 1 aliphatic heterocycles. The van der Waals surface area contributed by atoms with Crippen LogP contribution in [0.5, 0.6) is 11.5 Å². The van der Waals surface area contributed by atoms with E-state index < -0.39 is 11.8 Å². The Morgan fingerprint density at radius 1 is 0.655 bits per heavy atom. The molecule has 0 N–H and O–H groups in total. The second-order valence-electron chi connectivity index (χ2n) is 15.5. The average molecular weight is 731 g/mol. The van der Waals surface area contributed by atoms with E-state index in [-0.39, 0.29) is 17.7 Å². The summed E-state index contributed by atoms with van der Waals surface area (Å²) in [6, 6.07) is 25.8. The number of carbonyl (C=O) groups is 4. The van der Waals surface area contributed by atoms with Gasteiger partial charge in [-0.1, -0.05) is 81.3 Å². The standard InChI is InChI=1S/C47H42N2O6/c1-25(2)23-54-37-20-35(45(51)48(7)30-13-8-27(5)9-14-30)39-29(22-50)12-17-32-33-18-19-34-40-36(47(53)49(46(34)52)31-15-10-28(6)11-16-31)21-38(55-24-26(3)4)44(42(33)40)43(37)41(32)39/h8-22,25-26H,23-24H2,1-7H3. The number of fused-ring (bicyclic) bond motifs is 2. The summed E-state index contributed by atoms with van der Waals surface area (Å²) in [5.74, 6) is 0.0359. The van der Waals surface area contributed by atoms with Gasteiger partial charge in [-0.3, -0.25) is 19.2 Å². The monoisotopic (exact) mass is 730 g/mol. The fourth-order valence-electron chi connectivity index (χ4n) is 7.74. The number of nitrogens with zero attached hydrogens (tertiary/aromatic N) is 2. The molecule has 276 valence electrons. The smallest absolute Gasteiger partial charge is 0.266 e. The van der Waals surface area contributed by atoms with Crippen molar-refractivity contribution in [2.24, 2.45) is 11.8 Å². The van der Waals surface area contributed by atoms with E-state index in [1.807, 2.05) is 62.4 Å². The summed E-state index contributed by atoms with van der Waals surface area (Å²) >= 11 is 0. The summed E-state index contributed by atoms with van der Waals surface area (Å²) in [6.07, 6.45) is 0.781. The van der Waals surface area contributed by atoms with E-state index >= 15 is 0 Å². The number of aryl methyl sites for hydroxylation is 2. The third-order valence-corrected chi connectivity index (χ3v) is 10.5. The number of carbonyl (C=O) groups excluding carboxylic acids is 4. The normalized spacial score (nSPS) is 12.9. The lowest BCUT2D eigenvalue weighted by Crippen LogP contribution is -2.40. The maximum Gasteiger partial charge on any atom is 0.266 e. The number of rotatable bonds is 10. The Hall–Kier alpha value is -6.28. The van der Waals surface area contributed by atoms with E-state index in [1.54, 1.807) is 48.3 Å². The highest BCUT2D eigenvalue weighted by molar-refractivity contribution is 6.44. The Morgan fingerprint density at radius 2 is 1.18 bits per heavy atom. The largest absolute Gasteiger partial charge is 0.493 e. The van der Waals surface area contributed by atoms with Crippen molar-refractivity contribution >= 4 is 78.5 Å². The van der Waals surface area contributed by atoms with Gasteiger partial charge in [0.25, 0.3) is 17.7 Å². The highest BCUT2D eigenvalue weighted by Gasteiger charge is 2.37. The van der Waals surface area contributed by atoms with Crippen molar-refractivity contribution in [1.29, 1.82) is 0 Å². The number of ether oxygens (including phenoxy) is 2. The van der Waals surface area contributed by atoms with Crippen LogP contribution in [0.4, 0.5) is 11.4 Å². The number of benzene rings is 7. The number of hydrogen-bond donors (Lipinski definition) is 0. The first kappa shape index (κ1) is 35.7. The molecule has 0 unspecified atom stereocenters. The van der Waals surface area contributed by atoms with Crippen LogP contribution in [0.15, 0.2) is 84.9 Å². The molecule has 1 heterocycles. The van der Waals surface area contributed by atoms with Crippen molar-refractivity contribution in [3.8, 4) is 11.5 Å². The van der Waals surface area contributed by atoms with Gasteiger partial charge < -0.3 is 14.4 Å². The van der Waals surface area contributed by atoms with Crippen molar-refractivity contribution in [1.82, 2.24) is 0 Å². The molecule has 0 aromatic heterocycles. The number of anilines is 2. The Morgan fingerprint density at radius 3 is 1.76 bits per heavy atom. The van der Waals surface area contributed by atoms with Gasteiger partial charge in [-0.25, -0.2) is 4.90 Å². The number of amides is 3. The van der Waals surface area contributed by atoms with Crippen LogP contribution in [0.3, 0.4) is 0 Å². The minimum absolute atomic E-state index is 0.146. The molecular formula is C47H42N2O6. The lowest BCUT2D eigenvalue weighted by Gasteiger charge is -2.30. The molecule has 7 aromatic rings. The zero-order chi connectivity index (χ0) is 38.9. The molecule has 0 aliphatic carbocycles. The fourth-order valence-corrected chi connectivity index (χ4v) is 7.74. The predicted octanol–water partition coefficient (Wildman–Crippen LogP) is 10.3. The van der Waals surface area contributed by atoms with Gasteiger partial charge in [0, 0.05) is 56.2 Å². The molecule has 3 amide bonds. The lowest BCUT2D eigenvalue weighted by atomic mass is 9.82. The first-order valence-electron chi connectivity index (χ1n) is 18.7. The maximum absolute atomic E-state index is 14.6. The molecule has 55 heavy (non-hydrogen) atoms. The van der Waals surface area contributed by atoms with Crippen LogP contribution in [0.25, 0.3) is 43.1 Å². The minimum atomic E-state index is -0.442. The van der Waals surface area contributed by atoms with E-state index in [4.69, 9.17) is 9.47 Å². The first-order valence-corrected chi connectivity index (χ1v) is 18.7. The maximum atomic E-state index is 14.6. The molecule has 8 heteroatoms. The zero-order valence-electron chi connectivity index (χ0n) is 32.1. The highest BCUT2D eigenvalue weighted by atomic mass is 16.5.